The number of rotatable bonds is 6. The van der Waals surface area contributed by atoms with Crippen LogP contribution in [-0.2, 0) is 9.84 Å². The maximum atomic E-state index is 11.5. The Hall–Kier alpha value is -1.07. The molecule has 0 aliphatic carbocycles. The van der Waals surface area contributed by atoms with Crippen molar-refractivity contribution >= 4 is 9.84 Å². The van der Waals surface area contributed by atoms with Gasteiger partial charge in [0, 0.05) is 6.04 Å². The van der Waals surface area contributed by atoms with Gasteiger partial charge in [-0.2, -0.15) is 0 Å². The van der Waals surface area contributed by atoms with E-state index in [2.05, 4.69) is 31.3 Å². The molecule has 21 heavy (non-hydrogen) atoms. The minimum atomic E-state index is -2.90. The summed E-state index contributed by atoms with van der Waals surface area (Å²) in [5.74, 6) is 1.18. The lowest BCUT2D eigenvalue weighted by Crippen LogP contribution is -2.20. The molecule has 1 fully saturated rings. The molecule has 1 N–H and O–H groups in total. The Bertz CT molecular complexity index is 583. The van der Waals surface area contributed by atoms with E-state index in [-0.39, 0.29) is 17.6 Å². The van der Waals surface area contributed by atoms with Crippen LogP contribution in [0.25, 0.3) is 0 Å². The molecule has 0 aromatic heterocycles. The number of benzene rings is 1. The fourth-order valence-electron chi connectivity index (χ4n) is 2.59. The van der Waals surface area contributed by atoms with Gasteiger partial charge < -0.3 is 10.1 Å². The highest BCUT2D eigenvalue weighted by Gasteiger charge is 2.29. The zero-order chi connectivity index (χ0) is 15.5. The smallest absolute Gasteiger partial charge is 0.154 e. The van der Waals surface area contributed by atoms with E-state index >= 15 is 0 Å². The van der Waals surface area contributed by atoms with Gasteiger partial charge in [-0.25, -0.2) is 8.42 Å². The summed E-state index contributed by atoms with van der Waals surface area (Å²) in [5.41, 5.74) is 2.29. The number of sulfone groups is 1. The third-order valence-electron chi connectivity index (χ3n) is 3.88. The molecular weight excluding hydrogens is 286 g/mol. The van der Waals surface area contributed by atoms with E-state index in [0.29, 0.717) is 12.5 Å². The van der Waals surface area contributed by atoms with Crippen molar-refractivity contribution in [2.75, 3.05) is 18.1 Å². The highest BCUT2D eigenvalue weighted by molar-refractivity contribution is 7.91. The second-order valence-corrected chi connectivity index (χ2v) is 8.07. The van der Waals surface area contributed by atoms with Gasteiger partial charge in [0.1, 0.15) is 11.9 Å². The maximum Gasteiger partial charge on any atom is 0.154 e. The highest BCUT2D eigenvalue weighted by atomic mass is 32.2. The van der Waals surface area contributed by atoms with Crippen LogP contribution < -0.4 is 10.1 Å². The van der Waals surface area contributed by atoms with Crippen molar-refractivity contribution in [2.24, 2.45) is 0 Å². The zero-order valence-electron chi connectivity index (χ0n) is 13.1. The third-order valence-corrected chi connectivity index (χ3v) is 5.62. The Kier molecular flexibility index (Phi) is 5.27. The van der Waals surface area contributed by atoms with E-state index in [9.17, 15) is 8.42 Å². The molecule has 2 unspecified atom stereocenters. The summed E-state index contributed by atoms with van der Waals surface area (Å²) >= 11 is 0. The maximum absolute atomic E-state index is 11.5. The molecule has 0 radical (unpaired) electrons. The summed E-state index contributed by atoms with van der Waals surface area (Å²) in [4.78, 5) is 0. The van der Waals surface area contributed by atoms with E-state index < -0.39 is 9.84 Å². The lowest BCUT2D eigenvalue weighted by atomic mass is 10.0. The molecule has 1 aromatic rings. The normalized spacial score (nSPS) is 22.1. The second kappa shape index (κ2) is 6.79. The quantitative estimate of drug-likeness (QED) is 0.877. The van der Waals surface area contributed by atoms with Crippen molar-refractivity contribution in [1.82, 2.24) is 5.32 Å². The average Bonchev–Trinajstić information content (AvgIpc) is 2.77. The van der Waals surface area contributed by atoms with Crippen molar-refractivity contribution in [1.29, 1.82) is 0 Å². The lowest BCUT2D eigenvalue weighted by Gasteiger charge is -2.18. The van der Waals surface area contributed by atoms with E-state index in [1.165, 1.54) is 5.56 Å². The minimum Gasteiger partial charge on any atom is -0.489 e. The molecule has 2 rings (SSSR count). The number of hydrogen-bond donors (Lipinski definition) is 1. The minimum absolute atomic E-state index is 0.142. The second-order valence-electron chi connectivity index (χ2n) is 5.84. The topological polar surface area (TPSA) is 55.4 Å². The number of ether oxygens (including phenoxy) is 1. The number of hydrogen-bond acceptors (Lipinski definition) is 4. The molecule has 1 heterocycles. The first kappa shape index (κ1) is 16.3. The molecule has 1 aliphatic rings. The molecule has 0 saturated carbocycles. The summed E-state index contributed by atoms with van der Waals surface area (Å²) in [5, 5.41) is 3.46. The van der Waals surface area contributed by atoms with Crippen LogP contribution in [0, 0.1) is 6.92 Å². The van der Waals surface area contributed by atoms with Gasteiger partial charge in [0.05, 0.1) is 11.5 Å². The largest absolute Gasteiger partial charge is 0.489 e. The Labute approximate surface area is 127 Å². The molecular formula is C16H25NO3S. The predicted octanol–water partition coefficient (Wildman–Crippen LogP) is 2.62. The molecule has 5 heteroatoms. The molecule has 1 saturated heterocycles. The number of nitrogens with one attached hydrogen (secondary N) is 1. The molecule has 118 valence electrons. The van der Waals surface area contributed by atoms with Crippen molar-refractivity contribution in [2.45, 2.75) is 45.8 Å². The van der Waals surface area contributed by atoms with Crippen LogP contribution in [0.2, 0.25) is 0 Å². The van der Waals surface area contributed by atoms with E-state index in [0.717, 1.165) is 24.3 Å². The van der Waals surface area contributed by atoms with Crippen LogP contribution >= 0.6 is 0 Å². The predicted molar refractivity (Wildman–Crippen MR) is 85.6 cm³/mol. The summed E-state index contributed by atoms with van der Waals surface area (Å²) in [7, 11) is -2.90. The van der Waals surface area contributed by atoms with Gasteiger partial charge in [0.15, 0.2) is 9.84 Å². The van der Waals surface area contributed by atoms with Gasteiger partial charge in [-0.15, -0.1) is 0 Å². The lowest BCUT2D eigenvalue weighted by molar-refractivity contribution is 0.227. The van der Waals surface area contributed by atoms with Crippen LogP contribution in [0.5, 0.6) is 5.75 Å². The van der Waals surface area contributed by atoms with Crippen molar-refractivity contribution in [3.63, 3.8) is 0 Å². The molecule has 4 nitrogen and oxygen atoms in total. The standard InChI is InChI=1S/C16H25NO3S/c1-4-8-17-13(3)14-5-6-16(12(2)10-14)20-15-7-9-21(18,19)11-15/h5-6,10,13,15,17H,4,7-9,11H2,1-3H3. The van der Waals surface area contributed by atoms with Gasteiger partial charge in [-0.05, 0) is 50.4 Å². The van der Waals surface area contributed by atoms with Gasteiger partial charge in [-0.3, -0.25) is 0 Å². The van der Waals surface area contributed by atoms with Crippen LogP contribution in [0.3, 0.4) is 0 Å². The monoisotopic (exact) mass is 311 g/mol. The first-order valence-corrected chi connectivity index (χ1v) is 9.44. The molecule has 1 aliphatic heterocycles. The van der Waals surface area contributed by atoms with Crippen LogP contribution in [-0.4, -0.2) is 32.6 Å². The molecule has 2 atom stereocenters. The fourth-order valence-corrected chi connectivity index (χ4v) is 4.18. The van der Waals surface area contributed by atoms with E-state index in [1.54, 1.807) is 0 Å². The Morgan fingerprint density at radius 3 is 2.76 bits per heavy atom. The van der Waals surface area contributed by atoms with Crippen LogP contribution in [0.1, 0.15) is 43.9 Å². The summed E-state index contributed by atoms with van der Waals surface area (Å²) in [6.45, 7) is 7.30. The number of aryl methyl sites for hydroxylation is 1. The average molecular weight is 311 g/mol. The Morgan fingerprint density at radius 1 is 1.43 bits per heavy atom. The van der Waals surface area contributed by atoms with Gasteiger partial charge in [0.25, 0.3) is 0 Å². The summed E-state index contributed by atoms with van der Waals surface area (Å²) in [6, 6.07) is 6.44. The summed E-state index contributed by atoms with van der Waals surface area (Å²) < 4.78 is 28.8. The van der Waals surface area contributed by atoms with Gasteiger partial charge >= 0.3 is 0 Å². The first-order valence-electron chi connectivity index (χ1n) is 7.62. The third kappa shape index (κ3) is 4.45. The molecule has 0 spiro atoms. The van der Waals surface area contributed by atoms with Crippen molar-refractivity contribution in [3.8, 4) is 5.75 Å². The van der Waals surface area contributed by atoms with Crippen molar-refractivity contribution < 1.29 is 13.2 Å². The molecule has 0 bridgehead atoms. The Morgan fingerprint density at radius 2 is 2.19 bits per heavy atom. The SMILES string of the molecule is CCCNC(C)c1ccc(OC2CCS(=O)(=O)C2)c(C)c1. The molecule has 1 aromatic carbocycles. The van der Waals surface area contributed by atoms with Gasteiger partial charge in [-0.1, -0.05) is 19.1 Å². The molecule has 0 amide bonds. The zero-order valence-corrected chi connectivity index (χ0v) is 13.9. The first-order chi connectivity index (χ1) is 9.91. The van der Waals surface area contributed by atoms with E-state index in [4.69, 9.17) is 4.74 Å². The van der Waals surface area contributed by atoms with Crippen LogP contribution in [0.4, 0.5) is 0 Å². The van der Waals surface area contributed by atoms with Crippen molar-refractivity contribution in [3.05, 3.63) is 29.3 Å². The highest BCUT2D eigenvalue weighted by Crippen LogP contribution is 2.26. The van der Waals surface area contributed by atoms with E-state index in [1.807, 2.05) is 13.0 Å². The summed E-state index contributed by atoms with van der Waals surface area (Å²) in [6.07, 6.45) is 1.51. The Balaban J connectivity index is 2.02. The van der Waals surface area contributed by atoms with Gasteiger partial charge in [0.2, 0.25) is 0 Å². The van der Waals surface area contributed by atoms with Crippen LogP contribution in [0.15, 0.2) is 18.2 Å². The fraction of sp³-hybridized carbons (Fsp3) is 0.625.